The molecule has 0 radical (unpaired) electrons. The van der Waals surface area contributed by atoms with Crippen molar-refractivity contribution < 1.29 is 14.6 Å². The molecule has 4 nitrogen and oxygen atoms in total. The quantitative estimate of drug-likeness (QED) is 0.842. The highest BCUT2D eigenvalue weighted by Gasteiger charge is 2.17. The van der Waals surface area contributed by atoms with Crippen molar-refractivity contribution in [2.45, 2.75) is 37.9 Å². The molecule has 0 unspecified atom stereocenters. The number of rotatable bonds is 6. The van der Waals surface area contributed by atoms with Crippen LogP contribution in [0.15, 0.2) is 18.2 Å². The zero-order valence-corrected chi connectivity index (χ0v) is 13.2. The van der Waals surface area contributed by atoms with Crippen LogP contribution in [0.3, 0.4) is 0 Å². The van der Waals surface area contributed by atoms with Crippen molar-refractivity contribution >= 4 is 29.1 Å². The third-order valence-electron chi connectivity index (χ3n) is 3.46. The molecule has 2 N–H and O–H groups in total. The minimum Gasteiger partial charge on any atom is -0.388 e. The summed E-state index contributed by atoms with van der Waals surface area (Å²) >= 11 is 11.8. The van der Waals surface area contributed by atoms with Gasteiger partial charge in [0.25, 0.3) is 0 Å². The number of aliphatic hydroxyl groups is 1. The Morgan fingerprint density at radius 2 is 2.10 bits per heavy atom. The lowest BCUT2D eigenvalue weighted by Crippen LogP contribution is -2.28. The molecule has 0 aromatic heterocycles. The fourth-order valence-corrected chi connectivity index (χ4v) is 2.92. The molecule has 0 spiro atoms. The number of aliphatic hydroxyl groups excluding tert-OH is 1. The van der Waals surface area contributed by atoms with Crippen molar-refractivity contribution in [3.05, 3.63) is 33.8 Å². The summed E-state index contributed by atoms with van der Waals surface area (Å²) in [5, 5.41) is 13.7. The van der Waals surface area contributed by atoms with E-state index in [0.29, 0.717) is 22.2 Å². The molecule has 0 bridgehead atoms. The Bertz CT molecular complexity index is 470. The topological polar surface area (TPSA) is 58.6 Å². The van der Waals surface area contributed by atoms with Gasteiger partial charge in [-0.1, -0.05) is 23.2 Å². The number of carbonyl (C=O) groups is 1. The van der Waals surface area contributed by atoms with E-state index < -0.39 is 6.10 Å². The van der Waals surface area contributed by atoms with Crippen LogP contribution in [0.1, 0.15) is 37.4 Å². The minimum absolute atomic E-state index is 0.0117. The molecule has 0 saturated carbocycles. The van der Waals surface area contributed by atoms with Crippen molar-refractivity contribution in [3.63, 3.8) is 0 Å². The van der Waals surface area contributed by atoms with Gasteiger partial charge >= 0.3 is 0 Å². The Morgan fingerprint density at radius 1 is 1.38 bits per heavy atom. The van der Waals surface area contributed by atoms with Gasteiger partial charge in [-0.3, -0.25) is 4.79 Å². The monoisotopic (exact) mass is 331 g/mol. The fraction of sp³-hybridized carbons (Fsp3) is 0.533. The molecule has 1 amide bonds. The minimum atomic E-state index is -0.913. The predicted octanol–water partition coefficient (Wildman–Crippen LogP) is 3.10. The molecule has 1 saturated heterocycles. The number of hydrogen-bond donors (Lipinski definition) is 2. The first-order valence-corrected chi connectivity index (χ1v) is 7.82. The Balaban J connectivity index is 1.75. The maximum atomic E-state index is 11.8. The number of benzene rings is 1. The summed E-state index contributed by atoms with van der Waals surface area (Å²) in [6, 6.07) is 4.80. The van der Waals surface area contributed by atoms with Crippen molar-refractivity contribution in [3.8, 4) is 0 Å². The van der Waals surface area contributed by atoms with E-state index in [1.165, 1.54) is 0 Å². The van der Waals surface area contributed by atoms with Gasteiger partial charge in [0.15, 0.2) is 0 Å². The van der Waals surface area contributed by atoms with Gasteiger partial charge < -0.3 is 15.2 Å². The normalized spacial score (nSPS) is 19.5. The standard InChI is InChI=1S/C15H19Cl2NO3/c16-11-6-10(7-12(17)8-11)14(19)9-15(20)18-4-3-13-2-1-5-21-13/h6-8,13-14,19H,1-5,9H2,(H,18,20)/t13-,14-/m1/s1. The number of nitrogens with one attached hydrogen (secondary N) is 1. The second kappa shape index (κ2) is 7.99. The highest BCUT2D eigenvalue weighted by atomic mass is 35.5. The van der Waals surface area contributed by atoms with Crippen molar-refractivity contribution in [1.29, 1.82) is 0 Å². The summed E-state index contributed by atoms with van der Waals surface area (Å²) in [5.41, 5.74) is 0.543. The number of ether oxygens (including phenoxy) is 1. The summed E-state index contributed by atoms with van der Waals surface area (Å²) in [5.74, 6) is -0.198. The van der Waals surface area contributed by atoms with Gasteiger partial charge in [0, 0.05) is 23.2 Å². The van der Waals surface area contributed by atoms with Crippen LogP contribution in [0, 0.1) is 0 Å². The molecule has 2 atom stereocenters. The first-order chi connectivity index (χ1) is 10.0. The average Bonchev–Trinajstić information content (AvgIpc) is 2.90. The molecule has 1 fully saturated rings. The Kier molecular flexibility index (Phi) is 6.30. The van der Waals surface area contributed by atoms with Crippen molar-refractivity contribution in [1.82, 2.24) is 5.32 Å². The van der Waals surface area contributed by atoms with E-state index in [0.717, 1.165) is 25.9 Å². The first-order valence-electron chi connectivity index (χ1n) is 7.07. The zero-order valence-electron chi connectivity index (χ0n) is 11.6. The second-order valence-corrected chi connectivity index (χ2v) is 6.07. The highest BCUT2D eigenvalue weighted by molar-refractivity contribution is 6.34. The summed E-state index contributed by atoms with van der Waals surface area (Å²) in [4.78, 5) is 11.8. The van der Waals surface area contributed by atoms with Gasteiger partial charge in [-0.2, -0.15) is 0 Å². The van der Waals surface area contributed by atoms with Crippen molar-refractivity contribution in [2.75, 3.05) is 13.2 Å². The number of amides is 1. The third kappa shape index (κ3) is 5.47. The van der Waals surface area contributed by atoms with Crippen LogP contribution in [0.25, 0.3) is 0 Å². The lowest BCUT2D eigenvalue weighted by molar-refractivity contribution is -0.123. The molecule has 0 aliphatic carbocycles. The van der Waals surface area contributed by atoms with Gasteiger partial charge in [-0.25, -0.2) is 0 Å². The molecule has 1 heterocycles. The lowest BCUT2D eigenvalue weighted by atomic mass is 10.1. The Labute approximate surface area is 134 Å². The predicted molar refractivity (Wildman–Crippen MR) is 82.6 cm³/mol. The summed E-state index contributed by atoms with van der Waals surface area (Å²) in [6.07, 6.45) is 2.28. The summed E-state index contributed by atoms with van der Waals surface area (Å²) in [6.45, 7) is 1.37. The van der Waals surface area contributed by atoms with E-state index in [2.05, 4.69) is 5.32 Å². The van der Waals surface area contributed by atoms with E-state index in [1.54, 1.807) is 18.2 Å². The van der Waals surface area contributed by atoms with E-state index >= 15 is 0 Å². The number of hydrogen-bond acceptors (Lipinski definition) is 3. The smallest absolute Gasteiger partial charge is 0.222 e. The average molecular weight is 332 g/mol. The molecule has 1 aromatic rings. The molecule has 21 heavy (non-hydrogen) atoms. The van der Waals surface area contributed by atoms with Gasteiger partial charge in [0.1, 0.15) is 0 Å². The van der Waals surface area contributed by atoms with E-state index in [-0.39, 0.29) is 18.4 Å². The molecule has 2 rings (SSSR count). The van der Waals surface area contributed by atoms with E-state index in [9.17, 15) is 9.90 Å². The summed E-state index contributed by atoms with van der Waals surface area (Å²) in [7, 11) is 0. The Hall–Kier alpha value is -0.810. The van der Waals surface area contributed by atoms with Gasteiger partial charge in [-0.15, -0.1) is 0 Å². The van der Waals surface area contributed by atoms with E-state index in [4.69, 9.17) is 27.9 Å². The second-order valence-electron chi connectivity index (χ2n) is 5.20. The zero-order chi connectivity index (χ0) is 15.2. The molecular formula is C15H19Cl2NO3. The molecule has 1 aromatic carbocycles. The van der Waals surface area contributed by atoms with Crippen LogP contribution >= 0.6 is 23.2 Å². The largest absolute Gasteiger partial charge is 0.388 e. The lowest BCUT2D eigenvalue weighted by Gasteiger charge is -2.13. The van der Waals surface area contributed by atoms with Gasteiger partial charge in [0.2, 0.25) is 5.91 Å². The maximum absolute atomic E-state index is 11.8. The molecule has 1 aliphatic heterocycles. The van der Waals surface area contributed by atoms with Crippen LogP contribution in [0.4, 0.5) is 0 Å². The van der Waals surface area contributed by atoms with E-state index in [1.807, 2.05) is 0 Å². The number of halogens is 2. The number of carbonyl (C=O) groups excluding carboxylic acids is 1. The Morgan fingerprint density at radius 3 is 2.71 bits per heavy atom. The molecule has 116 valence electrons. The van der Waals surface area contributed by atoms with Gasteiger partial charge in [0.05, 0.1) is 18.6 Å². The van der Waals surface area contributed by atoms with Crippen LogP contribution in [0.5, 0.6) is 0 Å². The maximum Gasteiger partial charge on any atom is 0.222 e. The van der Waals surface area contributed by atoms with Crippen LogP contribution < -0.4 is 5.32 Å². The summed E-state index contributed by atoms with van der Waals surface area (Å²) < 4.78 is 5.48. The molecule has 1 aliphatic rings. The highest BCUT2D eigenvalue weighted by Crippen LogP contribution is 2.25. The van der Waals surface area contributed by atoms with Crippen molar-refractivity contribution in [2.24, 2.45) is 0 Å². The van der Waals surface area contributed by atoms with Crippen LogP contribution in [-0.2, 0) is 9.53 Å². The molecule has 6 heteroatoms. The third-order valence-corrected chi connectivity index (χ3v) is 3.90. The first kappa shape index (κ1) is 16.6. The molecular weight excluding hydrogens is 313 g/mol. The van der Waals surface area contributed by atoms with Gasteiger partial charge in [-0.05, 0) is 43.0 Å². The van der Waals surface area contributed by atoms with Crippen LogP contribution in [0.2, 0.25) is 10.0 Å². The van der Waals surface area contributed by atoms with Crippen LogP contribution in [-0.4, -0.2) is 30.3 Å². The fourth-order valence-electron chi connectivity index (χ4n) is 2.38. The SMILES string of the molecule is O=C(C[C@@H](O)c1cc(Cl)cc(Cl)c1)NCC[C@H]1CCCO1.